The summed E-state index contributed by atoms with van der Waals surface area (Å²) in [7, 11) is 0. The van der Waals surface area contributed by atoms with Crippen LogP contribution in [0.15, 0.2) is 55.2 Å². The fourth-order valence-electron chi connectivity index (χ4n) is 3.83. The standard InChI is InChI=1S/C22H14ClF3N8O/c1-11-8-28-10-14-13(11)3-2-4-16(14)33-19(22(24,25)26)17(20(27)35)18(32-33)12-7-15(23)21(29-9-12)34-30-5-6-31-34/h2-10H,1H3,(H2,27,35). The Balaban J connectivity index is 1.80. The summed E-state index contributed by atoms with van der Waals surface area (Å²) in [6.45, 7) is 1.79. The number of aromatic nitrogens is 7. The van der Waals surface area contributed by atoms with Crippen molar-refractivity contribution in [3.05, 3.63) is 77.1 Å². The summed E-state index contributed by atoms with van der Waals surface area (Å²) >= 11 is 6.31. The van der Waals surface area contributed by atoms with E-state index in [0.29, 0.717) is 15.5 Å². The van der Waals surface area contributed by atoms with Crippen molar-refractivity contribution >= 4 is 28.3 Å². The summed E-state index contributed by atoms with van der Waals surface area (Å²) in [6.07, 6.45) is 2.12. The van der Waals surface area contributed by atoms with Crippen LogP contribution in [0.3, 0.4) is 0 Å². The SMILES string of the molecule is Cc1cncc2c(-n3nc(-c4cnc(-n5nccn5)c(Cl)c4)c(C(N)=O)c3C(F)(F)F)cccc12. The second-order valence-electron chi connectivity index (χ2n) is 7.52. The lowest BCUT2D eigenvalue weighted by molar-refractivity contribution is -0.143. The number of rotatable bonds is 4. The highest BCUT2D eigenvalue weighted by molar-refractivity contribution is 6.32. The van der Waals surface area contributed by atoms with E-state index in [1.54, 1.807) is 25.3 Å². The Morgan fingerprint density at radius 3 is 2.49 bits per heavy atom. The van der Waals surface area contributed by atoms with Crippen molar-refractivity contribution in [2.24, 2.45) is 5.73 Å². The summed E-state index contributed by atoms with van der Waals surface area (Å²) in [6, 6.07) is 6.13. The molecule has 5 aromatic rings. The smallest absolute Gasteiger partial charge is 0.365 e. The van der Waals surface area contributed by atoms with Gasteiger partial charge >= 0.3 is 6.18 Å². The zero-order chi connectivity index (χ0) is 24.9. The summed E-state index contributed by atoms with van der Waals surface area (Å²) in [4.78, 5) is 21.7. The summed E-state index contributed by atoms with van der Waals surface area (Å²) in [5.41, 5.74) is 3.89. The average molecular weight is 499 g/mol. The number of pyridine rings is 2. The van der Waals surface area contributed by atoms with Crippen LogP contribution in [-0.2, 0) is 6.18 Å². The number of amides is 1. The normalized spacial score (nSPS) is 11.8. The molecule has 0 aliphatic carbocycles. The number of halogens is 4. The van der Waals surface area contributed by atoms with Crippen molar-refractivity contribution in [1.29, 1.82) is 0 Å². The fraction of sp³-hybridized carbons (Fsp3) is 0.0909. The molecule has 13 heteroatoms. The maximum atomic E-state index is 14.3. The van der Waals surface area contributed by atoms with Crippen molar-refractivity contribution < 1.29 is 18.0 Å². The lowest BCUT2D eigenvalue weighted by Crippen LogP contribution is -2.21. The van der Waals surface area contributed by atoms with E-state index in [1.165, 1.54) is 36.9 Å². The van der Waals surface area contributed by atoms with Crippen LogP contribution in [0.2, 0.25) is 5.02 Å². The maximum absolute atomic E-state index is 14.3. The number of alkyl halides is 3. The van der Waals surface area contributed by atoms with Gasteiger partial charge in [0.2, 0.25) is 0 Å². The first kappa shape index (κ1) is 22.5. The van der Waals surface area contributed by atoms with Crippen LogP contribution in [0.4, 0.5) is 13.2 Å². The van der Waals surface area contributed by atoms with Gasteiger partial charge in [0.15, 0.2) is 11.5 Å². The van der Waals surface area contributed by atoms with Gasteiger partial charge in [-0.3, -0.25) is 9.78 Å². The van der Waals surface area contributed by atoms with Gasteiger partial charge < -0.3 is 5.73 Å². The van der Waals surface area contributed by atoms with Crippen LogP contribution in [0.25, 0.3) is 33.5 Å². The number of carbonyl (C=O) groups is 1. The molecule has 4 aromatic heterocycles. The number of carbonyl (C=O) groups excluding carboxylic acids is 1. The van der Waals surface area contributed by atoms with Crippen molar-refractivity contribution in [1.82, 2.24) is 34.7 Å². The van der Waals surface area contributed by atoms with Crippen LogP contribution < -0.4 is 5.73 Å². The molecule has 0 saturated carbocycles. The van der Waals surface area contributed by atoms with Gasteiger partial charge in [0, 0.05) is 29.5 Å². The molecule has 35 heavy (non-hydrogen) atoms. The number of benzene rings is 1. The number of aryl methyl sites for hydroxylation is 1. The van der Waals surface area contributed by atoms with Gasteiger partial charge in [0.1, 0.15) is 5.69 Å². The van der Waals surface area contributed by atoms with Crippen LogP contribution in [0.1, 0.15) is 21.6 Å². The van der Waals surface area contributed by atoms with E-state index in [1.807, 2.05) is 0 Å². The van der Waals surface area contributed by atoms with E-state index in [0.717, 1.165) is 10.4 Å². The zero-order valence-electron chi connectivity index (χ0n) is 17.8. The molecular weight excluding hydrogens is 485 g/mol. The molecule has 0 bridgehead atoms. The summed E-state index contributed by atoms with van der Waals surface area (Å²) in [5, 5.41) is 13.2. The lowest BCUT2D eigenvalue weighted by atomic mass is 10.1. The Kier molecular flexibility index (Phi) is 5.24. The van der Waals surface area contributed by atoms with E-state index < -0.39 is 23.3 Å². The fourth-order valence-corrected chi connectivity index (χ4v) is 4.07. The third kappa shape index (κ3) is 3.77. The minimum absolute atomic E-state index is 0.0298. The minimum Gasteiger partial charge on any atom is -0.365 e. The first-order valence-electron chi connectivity index (χ1n) is 10.0. The summed E-state index contributed by atoms with van der Waals surface area (Å²) < 4.78 is 43.7. The zero-order valence-corrected chi connectivity index (χ0v) is 18.6. The Hall–Kier alpha value is -4.32. The van der Waals surface area contributed by atoms with E-state index in [2.05, 4.69) is 25.3 Å². The van der Waals surface area contributed by atoms with E-state index in [-0.39, 0.29) is 27.8 Å². The van der Waals surface area contributed by atoms with Crippen molar-refractivity contribution in [3.8, 4) is 22.8 Å². The number of primary amides is 1. The Morgan fingerprint density at radius 1 is 1.09 bits per heavy atom. The number of hydrogen-bond acceptors (Lipinski definition) is 6. The Labute approximate surface area is 200 Å². The topological polar surface area (TPSA) is 117 Å². The van der Waals surface area contributed by atoms with E-state index in [9.17, 15) is 18.0 Å². The largest absolute Gasteiger partial charge is 0.434 e. The monoisotopic (exact) mass is 498 g/mol. The molecule has 0 atom stereocenters. The summed E-state index contributed by atoms with van der Waals surface area (Å²) in [5.74, 6) is -1.16. The predicted octanol–water partition coefficient (Wildman–Crippen LogP) is 4.14. The molecular formula is C22H14ClF3N8O. The van der Waals surface area contributed by atoms with Crippen LogP contribution in [0.5, 0.6) is 0 Å². The van der Waals surface area contributed by atoms with Gasteiger partial charge in [-0.15, -0.1) is 4.80 Å². The molecule has 1 aromatic carbocycles. The van der Waals surface area contributed by atoms with Gasteiger partial charge in [0.25, 0.3) is 5.91 Å². The molecule has 4 heterocycles. The van der Waals surface area contributed by atoms with Crippen LogP contribution in [-0.4, -0.2) is 40.6 Å². The average Bonchev–Trinajstić information content (AvgIpc) is 3.47. The molecule has 5 rings (SSSR count). The van der Waals surface area contributed by atoms with Gasteiger partial charge in [0.05, 0.1) is 28.7 Å². The van der Waals surface area contributed by atoms with Gasteiger partial charge in [-0.2, -0.15) is 28.5 Å². The molecule has 0 saturated heterocycles. The highest BCUT2D eigenvalue weighted by atomic mass is 35.5. The molecule has 0 fully saturated rings. The molecule has 0 radical (unpaired) electrons. The third-order valence-electron chi connectivity index (χ3n) is 5.31. The van der Waals surface area contributed by atoms with E-state index >= 15 is 0 Å². The van der Waals surface area contributed by atoms with Crippen molar-refractivity contribution in [2.75, 3.05) is 0 Å². The van der Waals surface area contributed by atoms with Crippen LogP contribution in [0, 0.1) is 6.92 Å². The first-order chi connectivity index (χ1) is 16.7. The quantitative estimate of drug-likeness (QED) is 0.398. The maximum Gasteiger partial charge on any atom is 0.434 e. The molecule has 2 N–H and O–H groups in total. The minimum atomic E-state index is -4.97. The third-order valence-corrected chi connectivity index (χ3v) is 5.59. The first-order valence-corrected chi connectivity index (χ1v) is 10.4. The molecule has 176 valence electrons. The highest BCUT2D eigenvalue weighted by Crippen LogP contribution is 2.40. The van der Waals surface area contributed by atoms with Gasteiger partial charge in [-0.25, -0.2) is 9.67 Å². The van der Waals surface area contributed by atoms with Crippen molar-refractivity contribution in [3.63, 3.8) is 0 Å². The predicted molar refractivity (Wildman–Crippen MR) is 120 cm³/mol. The molecule has 0 aliphatic heterocycles. The molecule has 9 nitrogen and oxygen atoms in total. The number of fused-ring (bicyclic) bond motifs is 1. The van der Waals surface area contributed by atoms with Gasteiger partial charge in [-0.1, -0.05) is 23.7 Å². The van der Waals surface area contributed by atoms with E-state index in [4.69, 9.17) is 17.3 Å². The Morgan fingerprint density at radius 2 is 1.83 bits per heavy atom. The van der Waals surface area contributed by atoms with Gasteiger partial charge in [-0.05, 0) is 30.0 Å². The highest BCUT2D eigenvalue weighted by Gasteiger charge is 2.42. The molecule has 0 aliphatic rings. The number of nitrogens with two attached hydrogens (primary N) is 1. The Bertz CT molecular complexity index is 1590. The molecule has 0 spiro atoms. The molecule has 1 amide bonds. The number of hydrogen-bond donors (Lipinski definition) is 1. The second-order valence-corrected chi connectivity index (χ2v) is 7.93. The number of nitrogens with zero attached hydrogens (tertiary/aromatic N) is 7. The lowest BCUT2D eigenvalue weighted by Gasteiger charge is -2.14. The molecule has 0 unspecified atom stereocenters. The van der Waals surface area contributed by atoms with Crippen LogP contribution >= 0.6 is 11.6 Å². The second kappa shape index (κ2) is 8.17. The van der Waals surface area contributed by atoms with Crippen molar-refractivity contribution in [2.45, 2.75) is 13.1 Å².